The Kier molecular flexibility index (Phi) is 3.94. The van der Waals surface area contributed by atoms with Crippen LogP contribution >= 0.6 is 0 Å². The first-order valence-corrected chi connectivity index (χ1v) is 4.40. The topological polar surface area (TPSA) is 73.6 Å². The molecule has 76 valence electrons. The smallest absolute Gasteiger partial charge is 0.191 e. The molecule has 0 atom stereocenters. The molecule has 0 saturated heterocycles. The highest BCUT2D eigenvalue weighted by atomic mass is 16.5. The van der Waals surface area contributed by atoms with Crippen molar-refractivity contribution in [2.24, 2.45) is 16.5 Å². The minimum absolute atomic E-state index is 0.0786. The van der Waals surface area contributed by atoms with Gasteiger partial charge in [-0.15, -0.1) is 0 Å². The Morgan fingerprint density at radius 1 is 1.36 bits per heavy atom. The summed E-state index contributed by atoms with van der Waals surface area (Å²) in [5.74, 6) is 0.0786. The molecule has 14 heavy (non-hydrogen) atoms. The molecule has 1 aromatic carbocycles. The molecule has 0 aliphatic rings. The largest absolute Gasteiger partial charge is 0.384 e. The number of nitrogens with two attached hydrogens (primary N) is 2. The van der Waals surface area contributed by atoms with Crippen LogP contribution in [0.1, 0.15) is 5.56 Å². The Morgan fingerprint density at radius 2 is 2.07 bits per heavy atom. The molecule has 0 bridgehead atoms. The van der Waals surface area contributed by atoms with Gasteiger partial charge in [0.25, 0.3) is 0 Å². The van der Waals surface area contributed by atoms with Gasteiger partial charge < -0.3 is 16.2 Å². The van der Waals surface area contributed by atoms with Crippen molar-refractivity contribution < 1.29 is 4.74 Å². The van der Waals surface area contributed by atoms with Crippen molar-refractivity contribution in [3.8, 4) is 0 Å². The lowest BCUT2D eigenvalue weighted by Crippen LogP contribution is -2.22. The third-order valence-electron chi connectivity index (χ3n) is 1.82. The lowest BCUT2D eigenvalue weighted by Gasteiger charge is -2.04. The van der Waals surface area contributed by atoms with E-state index >= 15 is 0 Å². The molecule has 0 aliphatic carbocycles. The molecule has 0 aromatic heterocycles. The number of aliphatic imine (C=N–C) groups is 1. The van der Waals surface area contributed by atoms with Gasteiger partial charge in [0, 0.05) is 7.11 Å². The molecule has 0 fully saturated rings. The highest BCUT2D eigenvalue weighted by molar-refractivity contribution is 5.79. The first kappa shape index (κ1) is 10.5. The monoisotopic (exact) mass is 193 g/mol. The van der Waals surface area contributed by atoms with Gasteiger partial charge in [0.15, 0.2) is 5.96 Å². The van der Waals surface area contributed by atoms with Crippen LogP contribution in [0.15, 0.2) is 29.3 Å². The number of benzene rings is 1. The zero-order valence-corrected chi connectivity index (χ0v) is 8.23. The minimum atomic E-state index is 0.0786. The van der Waals surface area contributed by atoms with E-state index in [1.807, 2.05) is 24.3 Å². The van der Waals surface area contributed by atoms with E-state index in [0.29, 0.717) is 6.61 Å². The van der Waals surface area contributed by atoms with E-state index in [9.17, 15) is 0 Å². The van der Waals surface area contributed by atoms with Gasteiger partial charge in [0.2, 0.25) is 0 Å². The van der Waals surface area contributed by atoms with Crippen LogP contribution in [-0.2, 0) is 11.2 Å². The summed E-state index contributed by atoms with van der Waals surface area (Å²) < 4.78 is 4.99. The Balaban J connectivity index is 2.86. The van der Waals surface area contributed by atoms with Crippen molar-refractivity contribution in [1.29, 1.82) is 0 Å². The summed E-state index contributed by atoms with van der Waals surface area (Å²) in [5, 5.41) is 0. The van der Waals surface area contributed by atoms with Crippen molar-refractivity contribution >= 4 is 11.6 Å². The van der Waals surface area contributed by atoms with Crippen LogP contribution in [0.25, 0.3) is 0 Å². The summed E-state index contributed by atoms with van der Waals surface area (Å²) >= 11 is 0. The first-order valence-electron chi connectivity index (χ1n) is 4.40. The molecule has 4 heteroatoms. The third-order valence-corrected chi connectivity index (χ3v) is 1.82. The Labute approximate surface area is 83.6 Å². The average Bonchev–Trinajstić information content (AvgIpc) is 2.16. The molecule has 0 amide bonds. The molecule has 0 heterocycles. The van der Waals surface area contributed by atoms with Gasteiger partial charge in [-0.1, -0.05) is 18.2 Å². The van der Waals surface area contributed by atoms with Gasteiger partial charge in [-0.3, -0.25) is 0 Å². The maximum Gasteiger partial charge on any atom is 0.191 e. The second-order valence-corrected chi connectivity index (χ2v) is 2.91. The van der Waals surface area contributed by atoms with Gasteiger partial charge in [0.05, 0.1) is 12.3 Å². The maximum absolute atomic E-state index is 5.32. The lowest BCUT2D eigenvalue weighted by atomic mass is 10.1. The molecule has 1 rings (SSSR count). The standard InChI is InChI=1S/C10H15N3O/c1-14-7-6-8-4-2-3-5-9(8)13-10(11)12/h2-5H,6-7H2,1H3,(H4,11,12,13). The van der Waals surface area contributed by atoms with Gasteiger partial charge in [-0.2, -0.15) is 0 Å². The van der Waals surface area contributed by atoms with Crippen LogP contribution in [0.5, 0.6) is 0 Å². The fraction of sp³-hybridized carbons (Fsp3) is 0.300. The zero-order chi connectivity index (χ0) is 10.4. The summed E-state index contributed by atoms with van der Waals surface area (Å²) in [6.07, 6.45) is 0.809. The molecule has 1 aromatic rings. The van der Waals surface area contributed by atoms with E-state index in [2.05, 4.69) is 4.99 Å². The fourth-order valence-corrected chi connectivity index (χ4v) is 1.18. The summed E-state index contributed by atoms with van der Waals surface area (Å²) in [7, 11) is 1.67. The van der Waals surface area contributed by atoms with Gasteiger partial charge >= 0.3 is 0 Å². The van der Waals surface area contributed by atoms with Crippen LogP contribution in [0.2, 0.25) is 0 Å². The van der Waals surface area contributed by atoms with E-state index < -0.39 is 0 Å². The quantitative estimate of drug-likeness (QED) is 0.548. The number of nitrogens with zero attached hydrogens (tertiary/aromatic N) is 1. The molecule has 0 spiro atoms. The summed E-state index contributed by atoms with van der Waals surface area (Å²) in [4.78, 5) is 4.03. The molecule has 0 unspecified atom stereocenters. The van der Waals surface area contributed by atoms with Gasteiger partial charge in [-0.05, 0) is 18.1 Å². The van der Waals surface area contributed by atoms with Gasteiger partial charge in [0.1, 0.15) is 0 Å². The fourth-order valence-electron chi connectivity index (χ4n) is 1.18. The number of para-hydroxylation sites is 1. The summed E-state index contributed by atoms with van der Waals surface area (Å²) in [6.45, 7) is 0.664. The number of guanidine groups is 1. The van der Waals surface area contributed by atoms with E-state index in [1.54, 1.807) is 7.11 Å². The highest BCUT2D eigenvalue weighted by Gasteiger charge is 1.99. The van der Waals surface area contributed by atoms with Crippen molar-refractivity contribution in [3.05, 3.63) is 29.8 Å². The Hall–Kier alpha value is -1.55. The number of hydrogen-bond acceptors (Lipinski definition) is 2. The van der Waals surface area contributed by atoms with Crippen LogP contribution < -0.4 is 11.5 Å². The predicted octanol–water partition coefficient (Wildman–Crippen LogP) is 0.780. The summed E-state index contributed by atoms with van der Waals surface area (Å²) in [6, 6.07) is 7.72. The van der Waals surface area contributed by atoms with E-state index in [1.165, 1.54) is 0 Å². The maximum atomic E-state index is 5.32. The van der Waals surface area contributed by atoms with Gasteiger partial charge in [-0.25, -0.2) is 4.99 Å². The Morgan fingerprint density at radius 3 is 2.71 bits per heavy atom. The lowest BCUT2D eigenvalue weighted by molar-refractivity contribution is 0.202. The van der Waals surface area contributed by atoms with Crippen LogP contribution in [0.4, 0.5) is 5.69 Å². The van der Waals surface area contributed by atoms with E-state index in [-0.39, 0.29) is 5.96 Å². The molecule has 4 nitrogen and oxygen atoms in total. The number of methoxy groups -OCH3 is 1. The van der Waals surface area contributed by atoms with Crippen molar-refractivity contribution in [3.63, 3.8) is 0 Å². The second-order valence-electron chi connectivity index (χ2n) is 2.91. The molecule has 0 saturated carbocycles. The highest BCUT2D eigenvalue weighted by Crippen LogP contribution is 2.18. The van der Waals surface area contributed by atoms with E-state index in [0.717, 1.165) is 17.7 Å². The number of rotatable bonds is 4. The first-order chi connectivity index (χ1) is 6.74. The SMILES string of the molecule is COCCc1ccccc1N=C(N)N. The minimum Gasteiger partial charge on any atom is -0.384 e. The summed E-state index contributed by atoms with van der Waals surface area (Å²) in [5.41, 5.74) is 12.5. The van der Waals surface area contributed by atoms with Crippen LogP contribution in [0.3, 0.4) is 0 Å². The molecule has 0 radical (unpaired) electrons. The predicted molar refractivity (Wildman–Crippen MR) is 57.5 cm³/mol. The molecule has 0 aliphatic heterocycles. The van der Waals surface area contributed by atoms with Crippen molar-refractivity contribution in [2.45, 2.75) is 6.42 Å². The number of hydrogen-bond donors (Lipinski definition) is 2. The van der Waals surface area contributed by atoms with Crippen LogP contribution in [0, 0.1) is 0 Å². The number of ether oxygens (including phenoxy) is 1. The molecular formula is C10H15N3O. The Bertz CT molecular complexity index is 319. The van der Waals surface area contributed by atoms with E-state index in [4.69, 9.17) is 16.2 Å². The van der Waals surface area contributed by atoms with Crippen LogP contribution in [-0.4, -0.2) is 19.7 Å². The third kappa shape index (κ3) is 3.06. The van der Waals surface area contributed by atoms with Crippen molar-refractivity contribution in [1.82, 2.24) is 0 Å². The average molecular weight is 193 g/mol. The molecule has 4 N–H and O–H groups in total. The van der Waals surface area contributed by atoms with Crippen molar-refractivity contribution in [2.75, 3.05) is 13.7 Å². The molecular weight excluding hydrogens is 178 g/mol. The normalized spacial score (nSPS) is 9.79. The second kappa shape index (κ2) is 5.24. The zero-order valence-electron chi connectivity index (χ0n) is 8.23.